The zero-order valence-corrected chi connectivity index (χ0v) is 19.1. The van der Waals surface area contributed by atoms with E-state index in [1.165, 1.54) is 5.56 Å². The molecule has 0 fully saturated rings. The van der Waals surface area contributed by atoms with Gasteiger partial charge in [0.25, 0.3) is 0 Å². The minimum atomic E-state index is -0.356. The highest BCUT2D eigenvalue weighted by molar-refractivity contribution is 6.00. The summed E-state index contributed by atoms with van der Waals surface area (Å²) in [6, 6.07) is 17.2. The van der Waals surface area contributed by atoms with Gasteiger partial charge in [-0.3, -0.25) is 4.98 Å². The summed E-state index contributed by atoms with van der Waals surface area (Å²) in [6.45, 7) is 12.9. The van der Waals surface area contributed by atoms with Crippen molar-refractivity contribution in [2.45, 2.75) is 52.4 Å². The van der Waals surface area contributed by atoms with Crippen molar-refractivity contribution in [2.24, 2.45) is 0 Å². The Balaban J connectivity index is 1.75. The Morgan fingerprint density at radius 2 is 1.48 bits per heavy atom. The van der Waals surface area contributed by atoms with E-state index in [1.807, 2.05) is 42.5 Å². The van der Waals surface area contributed by atoms with Crippen LogP contribution in [0, 0.1) is 0 Å². The summed E-state index contributed by atoms with van der Waals surface area (Å²) in [7, 11) is 0. The SMILES string of the molecule is CC(C)(C)c1ccc(NC(=O)Nc2cnccc2Oc2ccccc2C(C)(C)C)cc1. The van der Waals surface area contributed by atoms with Crippen molar-refractivity contribution in [3.05, 3.63) is 78.1 Å². The molecule has 3 aromatic rings. The summed E-state index contributed by atoms with van der Waals surface area (Å²) in [5, 5.41) is 5.71. The molecule has 0 radical (unpaired) electrons. The molecule has 1 heterocycles. The number of amides is 2. The third-order valence-electron chi connectivity index (χ3n) is 4.95. The number of ether oxygens (including phenoxy) is 1. The molecule has 2 N–H and O–H groups in total. The summed E-state index contributed by atoms with van der Waals surface area (Å²) >= 11 is 0. The number of aromatic nitrogens is 1. The number of pyridine rings is 1. The summed E-state index contributed by atoms with van der Waals surface area (Å²) in [5.74, 6) is 1.28. The van der Waals surface area contributed by atoms with Gasteiger partial charge in [0.05, 0.1) is 6.20 Å². The van der Waals surface area contributed by atoms with Crippen LogP contribution < -0.4 is 15.4 Å². The Morgan fingerprint density at radius 3 is 2.13 bits per heavy atom. The zero-order valence-electron chi connectivity index (χ0n) is 19.1. The van der Waals surface area contributed by atoms with Crippen molar-refractivity contribution in [1.82, 2.24) is 4.98 Å². The van der Waals surface area contributed by atoms with E-state index >= 15 is 0 Å². The summed E-state index contributed by atoms with van der Waals surface area (Å²) in [4.78, 5) is 16.7. The zero-order chi connectivity index (χ0) is 22.6. The molecule has 1 aromatic heterocycles. The van der Waals surface area contributed by atoms with Gasteiger partial charge in [-0.15, -0.1) is 0 Å². The van der Waals surface area contributed by atoms with Crippen molar-refractivity contribution in [1.29, 1.82) is 0 Å². The van der Waals surface area contributed by atoms with Crippen LogP contribution in [0.15, 0.2) is 67.0 Å². The van der Waals surface area contributed by atoms with Gasteiger partial charge in [0.1, 0.15) is 11.4 Å². The second-order valence-corrected chi connectivity index (χ2v) is 9.63. The molecule has 0 saturated carbocycles. The van der Waals surface area contributed by atoms with E-state index in [2.05, 4.69) is 63.2 Å². The monoisotopic (exact) mass is 417 g/mol. The van der Waals surface area contributed by atoms with Gasteiger partial charge in [0, 0.05) is 23.5 Å². The molecule has 5 nitrogen and oxygen atoms in total. The minimum Gasteiger partial charge on any atom is -0.455 e. The van der Waals surface area contributed by atoms with Crippen molar-refractivity contribution in [2.75, 3.05) is 10.6 Å². The number of nitrogens with zero attached hydrogens (tertiary/aromatic N) is 1. The number of para-hydroxylation sites is 1. The van der Waals surface area contributed by atoms with Crippen LogP contribution in [-0.4, -0.2) is 11.0 Å². The first-order chi connectivity index (χ1) is 14.5. The third-order valence-corrected chi connectivity index (χ3v) is 4.95. The van der Waals surface area contributed by atoms with E-state index in [4.69, 9.17) is 4.74 Å². The average Bonchev–Trinajstić information content (AvgIpc) is 2.69. The molecule has 0 atom stereocenters. The number of benzene rings is 2. The number of anilines is 2. The van der Waals surface area contributed by atoms with Crippen molar-refractivity contribution in [3.8, 4) is 11.5 Å². The second kappa shape index (κ2) is 8.80. The molecular formula is C26H31N3O2. The maximum atomic E-state index is 12.6. The fraction of sp³-hybridized carbons (Fsp3) is 0.308. The molecule has 0 aliphatic rings. The van der Waals surface area contributed by atoms with Crippen LogP contribution in [0.1, 0.15) is 52.7 Å². The highest BCUT2D eigenvalue weighted by Gasteiger charge is 2.20. The Morgan fingerprint density at radius 1 is 0.806 bits per heavy atom. The molecular weight excluding hydrogens is 386 g/mol. The molecule has 0 bridgehead atoms. The smallest absolute Gasteiger partial charge is 0.323 e. The fourth-order valence-corrected chi connectivity index (χ4v) is 3.20. The Hall–Kier alpha value is -3.34. The molecule has 2 aromatic carbocycles. The number of carbonyl (C=O) groups excluding carboxylic acids is 1. The van der Waals surface area contributed by atoms with Crippen LogP contribution in [0.5, 0.6) is 11.5 Å². The largest absolute Gasteiger partial charge is 0.455 e. The molecule has 2 amide bonds. The quantitative estimate of drug-likeness (QED) is 0.475. The summed E-state index contributed by atoms with van der Waals surface area (Å²) in [6.07, 6.45) is 3.22. The first-order valence-electron chi connectivity index (χ1n) is 10.4. The van der Waals surface area contributed by atoms with Crippen LogP contribution >= 0.6 is 0 Å². The Labute approximate surface area is 184 Å². The topological polar surface area (TPSA) is 63.2 Å². The first-order valence-corrected chi connectivity index (χ1v) is 10.4. The van der Waals surface area contributed by atoms with E-state index in [0.717, 1.165) is 17.0 Å². The minimum absolute atomic E-state index is 0.0616. The highest BCUT2D eigenvalue weighted by atomic mass is 16.5. The molecule has 0 spiro atoms. The first kappa shape index (κ1) is 22.3. The molecule has 0 saturated heterocycles. The van der Waals surface area contributed by atoms with Crippen LogP contribution in [0.4, 0.5) is 16.2 Å². The third kappa shape index (κ3) is 5.85. The van der Waals surface area contributed by atoms with Crippen molar-refractivity contribution in [3.63, 3.8) is 0 Å². The number of urea groups is 1. The number of hydrogen-bond acceptors (Lipinski definition) is 3. The number of nitrogens with one attached hydrogen (secondary N) is 2. The predicted molar refractivity (Wildman–Crippen MR) is 127 cm³/mol. The molecule has 31 heavy (non-hydrogen) atoms. The van der Waals surface area contributed by atoms with E-state index in [-0.39, 0.29) is 16.9 Å². The number of rotatable bonds is 4. The molecule has 0 aliphatic heterocycles. The Kier molecular flexibility index (Phi) is 6.34. The molecule has 3 rings (SSSR count). The highest BCUT2D eigenvalue weighted by Crippen LogP contribution is 2.36. The normalized spacial score (nSPS) is 11.7. The summed E-state index contributed by atoms with van der Waals surface area (Å²) in [5.41, 5.74) is 3.49. The molecule has 5 heteroatoms. The Bertz CT molecular complexity index is 1050. The van der Waals surface area contributed by atoms with Gasteiger partial charge < -0.3 is 15.4 Å². The number of hydrogen-bond donors (Lipinski definition) is 2. The number of carbonyl (C=O) groups is 1. The van der Waals surface area contributed by atoms with E-state index in [9.17, 15) is 4.79 Å². The van der Waals surface area contributed by atoms with Gasteiger partial charge in [-0.2, -0.15) is 0 Å². The maximum absolute atomic E-state index is 12.6. The maximum Gasteiger partial charge on any atom is 0.323 e. The molecule has 162 valence electrons. The second-order valence-electron chi connectivity index (χ2n) is 9.63. The van der Waals surface area contributed by atoms with Crippen LogP contribution in [0.25, 0.3) is 0 Å². The standard InChI is InChI=1S/C26H31N3O2/c1-25(2,3)18-11-13-19(14-12-18)28-24(30)29-21-17-27-16-15-23(21)31-22-10-8-7-9-20(22)26(4,5)6/h7-17H,1-6H3,(H2,28,29,30). The predicted octanol–water partition coefficient (Wildman–Crippen LogP) is 7.11. The van der Waals surface area contributed by atoms with Crippen molar-refractivity contribution >= 4 is 17.4 Å². The lowest BCUT2D eigenvalue weighted by Gasteiger charge is -2.23. The van der Waals surface area contributed by atoms with Crippen LogP contribution in [0.2, 0.25) is 0 Å². The van der Waals surface area contributed by atoms with Gasteiger partial charge in [-0.1, -0.05) is 71.9 Å². The van der Waals surface area contributed by atoms with Gasteiger partial charge in [0.2, 0.25) is 0 Å². The van der Waals surface area contributed by atoms with Gasteiger partial charge in [-0.05, 0) is 34.6 Å². The molecule has 0 unspecified atom stereocenters. The van der Waals surface area contributed by atoms with Gasteiger partial charge in [0.15, 0.2) is 5.75 Å². The van der Waals surface area contributed by atoms with Gasteiger partial charge in [-0.25, -0.2) is 4.79 Å². The van der Waals surface area contributed by atoms with E-state index in [1.54, 1.807) is 18.5 Å². The van der Waals surface area contributed by atoms with Crippen molar-refractivity contribution < 1.29 is 9.53 Å². The van der Waals surface area contributed by atoms with E-state index < -0.39 is 0 Å². The average molecular weight is 418 g/mol. The lowest BCUT2D eigenvalue weighted by Crippen LogP contribution is -2.20. The van der Waals surface area contributed by atoms with E-state index in [0.29, 0.717) is 11.4 Å². The fourth-order valence-electron chi connectivity index (χ4n) is 3.20. The van der Waals surface area contributed by atoms with Crippen LogP contribution in [0.3, 0.4) is 0 Å². The lowest BCUT2D eigenvalue weighted by molar-refractivity contribution is 0.262. The van der Waals surface area contributed by atoms with Gasteiger partial charge >= 0.3 is 6.03 Å². The lowest BCUT2D eigenvalue weighted by atomic mass is 9.86. The molecule has 0 aliphatic carbocycles. The summed E-state index contributed by atoms with van der Waals surface area (Å²) < 4.78 is 6.19. The van der Waals surface area contributed by atoms with Crippen LogP contribution in [-0.2, 0) is 10.8 Å².